The first-order chi connectivity index (χ1) is 19.8. The lowest BCUT2D eigenvalue weighted by Gasteiger charge is -2.23. The number of hydrogen-bond donors (Lipinski definition) is 3. The molecule has 3 rings (SSSR count). The third kappa shape index (κ3) is 8.87. The second-order valence-electron chi connectivity index (χ2n) is 12.1. The van der Waals surface area contributed by atoms with Crippen LogP contribution in [0.5, 0.6) is 0 Å². The Morgan fingerprint density at radius 3 is 2.14 bits per heavy atom. The van der Waals surface area contributed by atoms with E-state index < -0.39 is 49.2 Å². The van der Waals surface area contributed by atoms with E-state index in [0.717, 1.165) is 30.4 Å². The number of fused-ring (bicyclic) bond motifs is 1. The van der Waals surface area contributed by atoms with Crippen molar-refractivity contribution >= 4 is 59.0 Å². The zero-order chi connectivity index (χ0) is 32.4. The van der Waals surface area contributed by atoms with Crippen LogP contribution in [0.15, 0.2) is 6.20 Å². The molecule has 18 heteroatoms. The van der Waals surface area contributed by atoms with Gasteiger partial charge in [0.1, 0.15) is 18.3 Å². The number of carbonyl (C=O) groups is 2. The third-order valence-electron chi connectivity index (χ3n) is 6.21. The van der Waals surface area contributed by atoms with Crippen LogP contribution >= 0.6 is 31.3 Å². The summed E-state index contributed by atoms with van der Waals surface area (Å²) in [6.45, 7) is 10.9. The predicted octanol–water partition coefficient (Wildman–Crippen LogP) is 3.59. The molecule has 1 fully saturated rings. The van der Waals surface area contributed by atoms with Gasteiger partial charge in [0.25, 0.3) is 0 Å². The van der Waals surface area contributed by atoms with Gasteiger partial charge in [-0.05, 0) is 6.92 Å². The highest BCUT2D eigenvalue weighted by molar-refractivity contribution is 8.14. The van der Waals surface area contributed by atoms with Crippen molar-refractivity contribution < 1.29 is 42.0 Å². The van der Waals surface area contributed by atoms with Crippen molar-refractivity contribution in [3.8, 4) is 0 Å². The minimum atomic E-state index is -4.31. The van der Waals surface area contributed by atoms with Gasteiger partial charge in [0, 0.05) is 22.3 Å². The molecule has 1 aliphatic rings. The molecule has 242 valence electrons. The van der Waals surface area contributed by atoms with Crippen LogP contribution in [0.2, 0.25) is 0 Å². The Hall–Kier alpha value is -1.85. The number of aliphatic hydroxyl groups is 1. The Kier molecular flexibility index (Phi) is 11.3. The average molecular weight is 667 g/mol. The summed E-state index contributed by atoms with van der Waals surface area (Å²) in [5, 5.41) is 14.7. The lowest BCUT2D eigenvalue weighted by molar-refractivity contribution is -0.118. The molecule has 14 nitrogen and oxygen atoms in total. The van der Waals surface area contributed by atoms with E-state index in [2.05, 4.69) is 15.1 Å². The van der Waals surface area contributed by atoms with E-state index in [9.17, 15) is 19.3 Å². The zero-order valence-electron chi connectivity index (χ0n) is 25.2. The Bertz CT molecular complexity index is 1330. The lowest BCUT2D eigenvalue weighted by Crippen LogP contribution is -2.39. The maximum atomic E-state index is 15.9. The number of carbonyl (C=O) groups excluding carboxylic acids is 2. The third-order valence-corrected chi connectivity index (χ3v) is 10.2. The first-order valence-corrected chi connectivity index (χ1v) is 16.9. The Morgan fingerprint density at radius 1 is 1.09 bits per heavy atom. The fourth-order valence-corrected chi connectivity index (χ4v) is 6.78. The summed E-state index contributed by atoms with van der Waals surface area (Å²) < 4.78 is 52.8. The number of nitrogens with two attached hydrogens (primary N) is 2. The standard InChI is InChI=1S/C25H40FN6O8PS2/c1-23(2,3)20(34)42-10-8-37-41(36,38-9-11-43-21(35)24(4,5)6)39-13-15-16(33)25(7,26)17(40-15)14-12-29-19-18(27)30-22(28)31-32(14)19/h12,15-17,33H,8-11,13H2,1-7H3,(H4,27,28,30,31). The van der Waals surface area contributed by atoms with Gasteiger partial charge in [0.05, 0.1) is 31.7 Å². The van der Waals surface area contributed by atoms with Crippen molar-refractivity contribution in [3.63, 3.8) is 0 Å². The van der Waals surface area contributed by atoms with Crippen molar-refractivity contribution in [1.29, 1.82) is 0 Å². The van der Waals surface area contributed by atoms with Gasteiger partial charge in [-0.25, -0.2) is 18.5 Å². The molecule has 5 N–H and O–H groups in total. The molecule has 0 amide bonds. The van der Waals surface area contributed by atoms with E-state index in [4.69, 9.17) is 29.8 Å². The smallest absolute Gasteiger partial charge is 0.387 e. The highest BCUT2D eigenvalue weighted by Crippen LogP contribution is 2.52. The molecule has 1 aliphatic heterocycles. The van der Waals surface area contributed by atoms with Crippen LogP contribution in [0.3, 0.4) is 0 Å². The maximum absolute atomic E-state index is 15.9. The molecule has 0 saturated carbocycles. The molecule has 0 bridgehead atoms. The number of nitrogen functional groups attached to an aromatic ring is 2. The first-order valence-electron chi connectivity index (χ1n) is 13.4. The van der Waals surface area contributed by atoms with E-state index in [1.807, 2.05) is 0 Å². The molecule has 4 atom stereocenters. The van der Waals surface area contributed by atoms with Gasteiger partial charge in [-0.2, -0.15) is 4.98 Å². The van der Waals surface area contributed by atoms with Crippen LogP contribution in [0, 0.1) is 10.8 Å². The van der Waals surface area contributed by atoms with Gasteiger partial charge in [0.15, 0.2) is 27.4 Å². The van der Waals surface area contributed by atoms with Crippen LogP contribution in [0.4, 0.5) is 16.2 Å². The van der Waals surface area contributed by atoms with Crippen molar-refractivity contribution in [1.82, 2.24) is 19.6 Å². The van der Waals surface area contributed by atoms with Gasteiger partial charge in [-0.15, -0.1) is 5.10 Å². The molecule has 0 aromatic carbocycles. The minimum absolute atomic E-state index is 0.0299. The molecule has 0 spiro atoms. The minimum Gasteiger partial charge on any atom is -0.387 e. The van der Waals surface area contributed by atoms with Crippen LogP contribution in [-0.4, -0.2) is 84.1 Å². The summed E-state index contributed by atoms with van der Waals surface area (Å²) in [5.74, 6) is 0.125. The summed E-state index contributed by atoms with van der Waals surface area (Å²) in [5.41, 5.74) is 8.25. The molecular weight excluding hydrogens is 626 g/mol. The van der Waals surface area contributed by atoms with Gasteiger partial charge < -0.3 is 21.3 Å². The fraction of sp³-hybridized carbons (Fsp3) is 0.720. The number of nitrogens with zero attached hydrogens (tertiary/aromatic N) is 4. The molecule has 0 aliphatic carbocycles. The number of phosphoric ester groups is 1. The zero-order valence-corrected chi connectivity index (χ0v) is 27.8. The van der Waals surface area contributed by atoms with Crippen molar-refractivity contribution in [2.75, 3.05) is 42.8 Å². The number of phosphoric acid groups is 1. The number of halogens is 1. The maximum Gasteiger partial charge on any atom is 0.474 e. The summed E-state index contributed by atoms with van der Waals surface area (Å²) in [6.07, 6.45) is -3.15. The molecule has 3 heterocycles. The summed E-state index contributed by atoms with van der Waals surface area (Å²) in [6, 6.07) is 0. The summed E-state index contributed by atoms with van der Waals surface area (Å²) in [7, 11) is -4.31. The molecular formula is C25H40FN6O8PS2. The summed E-state index contributed by atoms with van der Waals surface area (Å²) >= 11 is 2.02. The van der Waals surface area contributed by atoms with E-state index in [-0.39, 0.29) is 58.1 Å². The van der Waals surface area contributed by atoms with Crippen molar-refractivity contribution in [3.05, 3.63) is 11.9 Å². The lowest BCUT2D eigenvalue weighted by atomic mass is 9.93. The second-order valence-corrected chi connectivity index (χ2v) is 15.9. The first kappa shape index (κ1) is 35.6. The molecule has 1 saturated heterocycles. The fourth-order valence-electron chi connectivity index (χ4n) is 3.78. The van der Waals surface area contributed by atoms with Gasteiger partial charge in [-0.1, -0.05) is 65.1 Å². The van der Waals surface area contributed by atoms with E-state index >= 15 is 4.39 Å². The van der Waals surface area contributed by atoms with E-state index in [1.165, 1.54) is 10.7 Å². The number of aromatic nitrogens is 4. The number of rotatable bonds is 12. The van der Waals surface area contributed by atoms with Crippen molar-refractivity contribution in [2.45, 2.75) is 72.4 Å². The molecule has 2 aromatic heterocycles. The average Bonchev–Trinajstić information content (AvgIpc) is 3.40. The summed E-state index contributed by atoms with van der Waals surface area (Å²) in [4.78, 5) is 32.4. The highest BCUT2D eigenvalue weighted by Gasteiger charge is 2.56. The number of ether oxygens (including phenoxy) is 1. The molecule has 4 unspecified atom stereocenters. The number of alkyl halides is 1. The normalized spacial score (nSPS) is 23.2. The van der Waals surface area contributed by atoms with Crippen molar-refractivity contribution in [2.24, 2.45) is 10.8 Å². The number of thioether (sulfide) groups is 2. The number of aliphatic hydroxyl groups excluding tert-OH is 1. The molecule has 43 heavy (non-hydrogen) atoms. The monoisotopic (exact) mass is 666 g/mol. The van der Waals surface area contributed by atoms with Gasteiger partial charge in [-0.3, -0.25) is 23.2 Å². The van der Waals surface area contributed by atoms with Crippen LogP contribution in [0.1, 0.15) is 60.3 Å². The topological polar surface area (TPSA) is 203 Å². The Labute approximate surface area is 258 Å². The SMILES string of the molecule is CC(C)(C)C(=O)SCCOP(=O)(OCCSC(=O)C(C)(C)C)OCC1OC(c2cnc3c(N)nc(N)nn23)C(C)(F)C1O. The van der Waals surface area contributed by atoms with Crippen LogP contribution < -0.4 is 11.5 Å². The second kappa shape index (κ2) is 13.6. The number of anilines is 2. The highest BCUT2D eigenvalue weighted by atomic mass is 32.2. The van der Waals surface area contributed by atoms with Crippen LogP contribution in [0.25, 0.3) is 5.65 Å². The van der Waals surface area contributed by atoms with Gasteiger partial charge in [0.2, 0.25) is 5.95 Å². The van der Waals surface area contributed by atoms with Crippen LogP contribution in [-0.2, 0) is 32.5 Å². The largest absolute Gasteiger partial charge is 0.474 e. The van der Waals surface area contributed by atoms with E-state index in [1.54, 1.807) is 41.5 Å². The molecule has 0 radical (unpaired) electrons. The van der Waals surface area contributed by atoms with Gasteiger partial charge >= 0.3 is 7.82 Å². The number of imidazole rings is 1. The quantitative estimate of drug-likeness (QED) is 0.219. The van der Waals surface area contributed by atoms with E-state index in [0.29, 0.717) is 0 Å². The predicted molar refractivity (Wildman–Crippen MR) is 162 cm³/mol. The molecule has 2 aromatic rings. The number of hydrogen-bond acceptors (Lipinski definition) is 15. The Morgan fingerprint density at radius 2 is 1.63 bits per heavy atom. The Balaban J connectivity index is 1.70.